The van der Waals surface area contributed by atoms with Gasteiger partial charge in [0.15, 0.2) is 5.78 Å². The number of halogens is 3. The Labute approximate surface area is 126 Å². The molecule has 0 saturated carbocycles. The molecule has 0 saturated heterocycles. The molecule has 5 heteroatoms. The van der Waals surface area contributed by atoms with Crippen molar-refractivity contribution in [3.63, 3.8) is 0 Å². The Kier molecular flexibility index (Phi) is 4.10. The van der Waals surface area contributed by atoms with Gasteiger partial charge in [0.1, 0.15) is 0 Å². The van der Waals surface area contributed by atoms with Gasteiger partial charge in [-0.3, -0.25) is 4.79 Å². The number of ketones is 1. The molecule has 0 atom stereocenters. The van der Waals surface area contributed by atoms with Crippen LogP contribution in [0.1, 0.15) is 15.9 Å². The summed E-state index contributed by atoms with van der Waals surface area (Å²) < 4.78 is 1.38. The highest BCUT2D eigenvalue weighted by molar-refractivity contribution is 9.10. The Morgan fingerprint density at radius 2 is 1.78 bits per heavy atom. The van der Waals surface area contributed by atoms with Crippen molar-refractivity contribution in [2.24, 2.45) is 0 Å². The van der Waals surface area contributed by atoms with Crippen molar-refractivity contribution in [1.82, 2.24) is 0 Å². The van der Waals surface area contributed by atoms with Crippen LogP contribution < -0.4 is 5.73 Å². The molecular weight excluding hydrogens is 381 g/mol. The molecule has 0 unspecified atom stereocenters. The molecule has 92 valence electrons. The number of nitrogens with two attached hydrogens (primary N) is 1. The topological polar surface area (TPSA) is 43.1 Å². The Hall–Kier alpha value is -0.840. The van der Waals surface area contributed by atoms with Gasteiger partial charge in [-0.2, -0.15) is 0 Å². The number of nitrogen functional groups attached to an aromatic ring is 1. The SMILES string of the molecule is Nc1ccc(C(=O)c2ccc(Cl)c(Br)c2)c(Br)c1. The quantitative estimate of drug-likeness (QED) is 0.599. The summed E-state index contributed by atoms with van der Waals surface area (Å²) in [7, 11) is 0. The Balaban J connectivity index is 2.44. The Morgan fingerprint density at radius 1 is 1.06 bits per heavy atom. The molecular formula is C13H8Br2ClNO. The third kappa shape index (κ3) is 2.76. The van der Waals surface area contributed by atoms with Gasteiger partial charge < -0.3 is 5.73 Å². The van der Waals surface area contributed by atoms with E-state index in [1.165, 1.54) is 0 Å². The smallest absolute Gasteiger partial charge is 0.194 e. The summed E-state index contributed by atoms with van der Waals surface area (Å²) in [5.41, 5.74) is 7.39. The summed E-state index contributed by atoms with van der Waals surface area (Å²) in [4.78, 5) is 12.3. The maximum absolute atomic E-state index is 12.3. The van der Waals surface area contributed by atoms with Crippen LogP contribution in [-0.2, 0) is 0 Å². The Bertz CT molecular complexity index is 628. The van der Waals surface area contributed by atoms with Crippen molar-refractivity contribution in [2.45, 2.75) is 0 Å². The second-order valence-corrected chi connectivity index (χ2v) is 5.81. The average molecular weight is 389 g/mol. The summed E-state index contributed by atoms with van der Waals surface area (Å²) in [5, 5.41) is 0.572. The van der Waals surface area contributed by atoms with Crippen LogP contribution in [0.5, 0.6) is 0 Å². The van der Waals surface area contributed by atoms with Crippen LogP contribution in [-0.4, -0.2) is 5.78 Å². The lowest BCUT2D eigenvalue weighted by Gasteiger charge is -2.06. The van der Waals surface area contributed by atoms with Crippen molar-refractivity contribution in [1.29, 1.82) is 0 Å². The van der Waals surface area contributed by atoms with Gasteiger partial charge in [0, 0.05) is 25.8 Å². The molecule has 0 radical (unpaired) electrons. The molecule has 0 aliphatic rings. The van der Waals surface area contributed by atoms with E-state index in [-0.39, 0.29) is 5.78 Å². The lowest BCUT2D eigenvalue weighted by atomic mass is 10.0. The fourth-order valence-electron chi connectivity index (χ4n) is 1.51. The molecule has 0 heterocycles. The maximum atomic E-state index is 12.3. The predicted octanol–water partition coefficient (Wildman–Crippen LogP) is 4.68. The van der Waals surface area contributed by atoms with Crippen LogP contribution in [0.3, 0.4) is 0 Å². The number of benzene rings is 2. The highest BCUT2D eigenvalue weighted by atomic mass is 79.9. The zero-order chi connectivity index (χ0) is 13.3. The maximum Gasteiger partial charge on any atom is 0.194 e. The van der Waals surface area contributed by atoms with Crippen molar-refractivity contribution in [2.75, 3.05) is 5.73 Å². The number of hydrogen-bond acceptors (Lipinski definition) is 2. The molecule has 0 spiro atoms. The van der Waals surface area contributed by atoms with Crippen molar-refractivity contribution >= 4 is 54.9 Å². The molecule has 2 N–H and O–H groups in total. The number of carbonyl (C=O) groups is 1. The predicted molar refractivity (Wildman–Crippen MR) is 81.1 cm³/mol. The first-order valence-corrected chi connectivity index (χ1v) is 7.00. The van der Waals surface area contributed by atoms with Crippen molar-refractivity contribution in [3.8, 4) is 0 Å². The minimum absolute atomic E-state index is 0.0840. The molecule has 0 aliphatic carbocycles. The Morgan fingerprint density at radius 3 is 2.39 bits per heavy atom. The standard InChI is InChI=1S/C13H8Br2ClNO/c14-10-6-8(17)2-3-9(10)13(18)7-1-4-12(16)11(15)5-7/h1-6H,17H2. The zero-order valence-electron chi connectivity index (χ0n) is 9.08. The van der Waals surface area contributed by atoms with Gasteiger partial charge in [-0.1, -0.05) is 11.6 Å². The largest absolute Gasteiger partial charge is 0.399 e. The number of anilines is 1. The molecule has 2 aromatic rings. The summed E-state index contributed by atoms with van der Waals surface area (Å²) in [6, 6.07) is 10.2. The second kappa shape index (κ2) is 5.43. The number of rotatable bonds is 2. The summed E-state index contributed by atoms with van der Waals surface area (Å²) >= 11 is 12.5. The monoisotopic (exact) mass is 387 g/mol. The molecule has 2 rings (SSSR count). The minimum atomic E-state index is -0.0840. The normalized spacial score (nSPS) is 10.4. The average Bonchev–Trinajstić information content (AvgIpc) is 2.32. The first-order chi connectivity index (χ1) is 8.49. The van der Waals surface area contributed by atoms with Gasteiger partial charge in [-0.05, 0) is 68.3 Å². The van der Waals surface area contributed by atoms with Crippen LogP contribution in [0.4, 0.5) is 5.69 Å². The molecule has 0 amide bonds. The fraction of sp³-hybridized carbons (Fsp3) is 0. The van der Waals surface area contributed by atoms with Gasteiger partial charge >= 0.3 is 0 Å². The molecule has 0 fully saturated rings. The first kappa shape index (κ1) is 13.6. The van der Waals surface area contributed by atoms with Gasteiger partial charge in [0.05, 0.1) is 5.02 Å². The van der Waals surface area contributed by atoms with Gasteiger partial charge in [0.2, 0.25) is 0 Å². The van der Waals surface area contributed by atoms with Gasteiger partial charge in [0.25, 0.3) is 0 Å². The minimum Gasteiger partial charge on any atom is -0.399 e. The van der Waals surface area contributed by atoms with E-state index in [2.05, 4.69) is 31.9 Å². The van der Waals surface area contributed by atoms with E-state index >= 15 is 0 Å². The first-order valence-electron chi connectivity index (χ1n) is 5.04. The summed E-state index contributed by atoms with van der Waals surface area (Å²) in [6.07, 6.45) is 0. The fourth-order valence-corrected chi connectivity index (χ4v) is 2.58. The summed E-state index contributed by atoms with van der Waals surface area (Å²) in [5.74, 6) is -0.0840. The molecule has 0 aliphatic heterocycles. The third-order valence-electron chi connectivity index (χ3n) is 2.42. The van der Waals surface area contributed by atoms with Crippen LogP contribution in [0.15, 0.2) is 45.3 Å². The number of hydrogen-bond donors (Lipinski definition) is 1. The van der Waals surface area contributed by atoms with E-state index in [9.17, 15) is 4.79 Å². The van der Waals surface area contributed by atoms with Crippen LogP contribution in [0.2, 0.25) is 5.02 Å². The third-order valence-corrected chi connectivity index (χ3v) is 4.29. The molecule has 2 aromatic carbocycles. The van der Waals surface area contributed by atoms with E-state index in [0.29, 0.717) is 30.8 Å². The van der Waals surface area contributed by atoms with E-state index in [1.54, 1.807) is 36.4 Å². The molecule has 0 bridgehead atoms. The van der Waals surface area contributed by atoms with Crippen molar-refractivity contribution < 1.29 is 4.79 Å². The molecule has 0 aromatic heterocycles. The van der Waals surface area contributed by atoms with Gasteiger partial charge in [-0.15, -0.1) is 0 Å². The molecule has 2 nitrogen and oxygen atoms in total. The van der Waals surface area contributed by atoms with Crippen LogP contribution >= 0.6 is 43.5 Å². The summed E-state index contributed by atoms with van der Waals surface area (Å²) in [6.45, 7) is 0. The van der Waals surface area contributed by atoms with E-state index in [4.69, 9.17) is 17.3 Å². The zero-order valence-corrected chi connectivity index (χ0v) is 13.0. The highest BCUT2D eigenvalue weighted by Gasteiger charge is 2.13. The van der Waals surface area contributed by atoms with E-state index < -0.39 is 0 Å². The molecule has 18 heavy (non-hydrogen) atoms. The lowest BCUT2D eigenvalue weighted by molar-refractivity contribution is 0.103. The van der Waals surface area contributed by atoms with Gasteiger partial charge in [-0.25, -0.2) is 0 Å². The second-order valence-electron chi connectivity index (χ2n) is 3.70. The van der Waals surface area contributed by atoms with Crippen LogP contribution in [0.25, 0.3) is 0 Å². The number of carbonyl (C=O) groups excluding carboxylic acids is 1. The van der Waals surface area contributed by atoms with Crippen LogP contribution in [0, 0.1) is 0 Å². The van der Waals surface area contributed by atoms with Crippen molar-refractivity contribution in [3.05, 3.63) is 61.5 Å². The highest BCUT2D eigenvalue weighted by Crippen LogP contribution is 2.27. The van der Waals surface area contributed by atoms with E-state index in [1.807, 2.05) is 0 Å². The lowest BCUT2D eigenvalue weighted by Crippen LogP contribution is -2.03. The van der Waals surface area contributed by atoms with E-state index in [0.717, 1.165) is 0 Å².